The van der Waals surface area contributed by atoms with E-state index < -0.39 is 17.3 Å². The van der Waals surface area contributed by atoms with Gasteiger partial charge in [0.25, 0.3) is 0 Å². The van der Waals surface area contributed by atoms with Gasteiger partial charge < -0.3 is 10.3 Å². The lowest BCUT2D eigenvalue weighted by atomic mass is 9.68. The van der Waals surface area contributed by atoms with Crippen LogP contribution in [0.25, 0.3) is 10.9 Å². The zero-order chi connectivity index (χ0) is 18.4. The van der Waals surface area contributed by atoms with Gasteiger partial charge in [0, 0.05) is 23.2 Å². The number of pyridine rings is 1. The van der Waals surface area contributed by atoms with Crippen molar-refractivity contribution in [1.29, 1.82) is 0 Å². The van der Waals surface area contributed by atoms with Gasteiger partial charge in [-0.25, -0.2) is 0 Å². The van der Waals surface area contributed by atoms with Gasteiger partial charge in [-0.2, -0.15) is 13.2 Å². The predicted molar refractivity (Wildman–Crippen MR) is 94.0 cm³/mol. The van der Waals surface area contributed by atoms with E-state index >= 15 is 0 Å². The number of anilines is 1. The number of hydrogen-bond acceptors (Lipinski definition) is 2. The monoisotopic (exact) mass is 352 g/mol. The molecule has 1 aliphatic rings. The van der Waals surface area contributed by atoms with Gasteiger partial charge in [-0.1, -0.05) is 20.8 Å². The van der Waals surface area contributed by atoms with Crippen molar-refractivity contribution in [3.63, 3.8) is 0 Å². The maximum atomic E-state index is 13.4. The van der Waals surface area contributed by atoms with Crippen LogP contribution in [0.15, 0.2) is 23.0 Å². The summed E-state index contributed by atoms with van der Waals surface area (Å²) in [6.45, 7) is 6.39. The van der Waals surface area contributed by atoms with Crippen LogP contribution in [0.5, 0.6) is 0 Å². The highest BCUT2D eigenvalue weighted by Gasteiger charge is 2.40. The van der Waals surface area contributed by atoms with Crippen LogP contribution >= 0.6 is 0 Å². The Balaban J connectivity index is 2.23. The molecule has 2 heterocycles. The smallest absolute Gasteiger partial charge is 0.381 e. The van der Waals surface area contributed by atoms with E-state index in [1.165, 1.54) is 0 Å². The number of halogens is 3. The normalized spacial score (nSPS) is 19.5. The molecule has 25 heavy (non-hydrogen) atoms. The highest BCUT2D eigenvalue weighted by Crippen LogP contribution is 2.45. The Kier molecular flexibility index (Phi) is 4.33. The molecule has 0 saturated heterocycles. The van der Waals surface area contributed by atoms with Gasteiger partial charge in [0.05, 0.1) is 11.1 Å². The second-order valence-corrected chi connectivity index (χ2v) is 6.95. The highest BCUT2D eigenvalue weighted by atomic mass is 19.4. The summed E-state index contributed by atoms with van der Waals surface area (Å²) in [4.78, 5) is 14.2. The predicted octanol–water partition coefficient (Wildman–Crippen LogP) is 5.10. The molecule has 1 atom stereocenters. The zero-order valence-corrected chi connectivity index (χ0v) is 14.7. The molecule has 0 saturated carbocycles. The van der Waals surface area contributed by atoms with Crippen molar-refractivity contribution in [2.24, 2.45) is 5.41 Å². The number of aromatic amines is 1. The van der Waals surface area contributed by atoms with Crippen molar-refractivity contribution in [2.75, 3.05) is 5.32 Å². The molecule has 1 aromatic heterocycles. The average molecular weight is 352 g/mol. The van der Waals surface area contributed by atoms with E-state index in [4.69, 9.17) is 0 Å². The van der Waals surface area contributed by atoms with Crippen LogP contribution < -0.4 is 10.9 Å². The van der Waals surface area contributed by atoms with E-state index in [2.05, 4.69) is 31.1 Å². The van der Waals surface area contributed by atoms with Crippen LogP contribution in [0.4, 0.5) is 18.9 Å². The summed E-state index contributed by atoms with van der Waals surface area (Å²) in [6.07, 6.45) is -0.943. The molecule has 3 nitrogen and oxygen atoms in total. The number of aromatic nitrogens is 1. The van der Waals surface area contributed by atoms with Gasteiger partial charge in [0.15, 0.2) is 0 Å². The van der Waals surface area contributed by atoms with Crippen LogP contribution in [0.2, 0.25) is 0 Å². The maximum absolute atomic E-state index is 13.4. The molecule has 0 radical (unpaired) electrons. The number of nitrogens with one attached hydrogen (secondary N) is 2. The second kappa shape index (κ2) is 6.07. The standard InChI is InChI=1S/C19H23F3N2O/c1-4-16-18(5-2,6-3)10-11-7-12-13(19(20,21)22)8-17(25)24-15(12)9-14(11)23-16/h7-9,16,23H,4-6,10H2,1-3H3,(H,24,25)/t16-/m1/s1. The fourth-order valence-electron chi connectivity index (χ4n) is 4.23. The molecule has 0 amide bonds. The summed E-state index contributed by atoms with van der Waals surface area (Å²) >= 11 is 0. The van der Waals surface area contributed by atoms with Gasteiger partial charge in [0.2, 0.25) is 5.56 Å². The number of fused-ring (bicyclic) bond motifs is 2. The molecule has 2 aromatic rings. The molecular weight excluding hydrogens is 329 g/mol. The minimum absolute atomic E-state index is 0.0377. The summed E-state index contributed by atoms with van der Waals surface area (Å²) in [5, 5.41) is 3.56. The van der Waals surface area contributed by atoms with Gasteiger partial charge in [-0.3, -0.25) is 4.79 Å². The Morgan fingerprint density at radius 1 is 1.16 bits per heavy atom. The molecule has 0 unspecified atom stereocenters. The second-order valence-electron chi connectivity index (χ2n) is 6.95. The SMILES string of the molecule is CC[C@H]1Nc2cc3[nH]c(=O)cc(C(F)(F)F)c3cc2CC1(CC)CC. The van der Waals surface area contributed by atoms with Gasteiger partial charge in [-0.15, -0.1) is 0 Å². The average Bonchev–Trinajstić information content (AvgIpc) is 2.57. The number of rotatable bonds is 3. The summed E-state index contributed by atoms with van der Waals surface area (Å²) in [5.74, 6) is 0. The first-order valence-corrected chi connectivity index (χ1v) is 8.77. The Bertz CT molecular complexity index is 850. The van der Waals surface area contributed by atoms with E-state index in [0.29, 0.717) is 6.07 Å². The fourth-order valence-corrected chi connectivity index (χ4v) is 4.23. The number of hydrogen-bond donors (Lipinski definition) is 2. The molecule has 0 spiro atoms. The Hall–Kier alpha value is -1.98. The largest absolute Gasteiger partial charge is 0.417 e. The summed E-state index contributed by atoms with van der Waals surface area (Å²) in [7, 11) is 0. The summed E-state index contributed by atoms with van der Waals surface area (Å²) < 4.78 is 40.1. The van der Waals surface area contributed by atoms with E-state index in [0.717, 1.165) is 36.9 Å². The molecule has 3 rings (SSSR count). The van der Waals surface area contributed by atoms with Crippen molar-refractivity contribution >= 4 is 16.6 Å². The van der Waals surface area contributed by atoms with Crippen molar-refractivity contribution in [2.45, 2.75) is 58.7 Å². The van der Waals surface area contributed by atoms with Crippen LogP contribution in [-0.2, 0) is 12.6 Å². The maximum Gasteiger partial charge on any atom is 0.417 e. The summed E-state index contributed by atoms with van der Waals surface area (Å²) in [6, 6.07) is 4.17. The van der Waals surface area contributed by atoms with Crippen molar-refractivity contribution in [1.82, 2.24) is 4.98 Å². The Morgan fingerprint density at radius 3 is 2.40 bits per heavy atom. The molecule has 2 N–H and O–H groups in total. The quantitative estimate of drug-likeness (QED) is 0.807. The first-order chi connectivity index (χ1) is 11.7. The Labute approximate surface area is 144 Å². The number of alkyl halides is 3. The molecule has 6 heteroatoms. The van der Waals surface area contributed by atoms with E-state index in [1.54, 1.807) is 12.1 Å². The first-order valence-electron chi connectivity index (χ1n) is 8.77. The third kappa shape index (κ3) is 2.92. The van der Waals surface area contributed by atoms with Gasteiger partial charge in [0.1, 0.15) is 0 Å². The summed E-state index contributed by atoms with van der Waals surface area (Å²) in [5.41, 5.74) is 0.367. The molecule has 0 fully saturated rings. The van der Waals surface area contributed by atoms with Crippen LogP contribution in [0, 0.1) is 5.41 Å². The lowest BCUT2D eigenvalue weighted by Crippen LogP contribution is -2.44. The van der Waals surface area contributed by atoms with Gasteiger partial charge >= 0.3 is 6.18 Å². The molecule has 136 valence electrons. The third-order valence-corrected chi connectivity index (χ3v) is 5.80. The topological polar surface area (TPSA) is 44.9 Å². The highest BCUT2D eigenvalue weighted by molar-refractivity contribution is 5.87. The minimum Gasteiger partial charge on any atom is -0.381 e. The lowest BCUT2D eigenvalue weighted by Gasteiger charge is -2.45. The van der Waals surface area contributed by atoms with Gasteiger partial charge in [-0.05, 0) is 48.8 Å². The first kappa shape index (κ1) is 17.8. The molecule has 0 aliphatic carbocycles. The Morgan fingerprint density at radius 2 is 1.84 bits per heavy atom. The van der Waals surface area contributed by atoms with Crippen LogP contribution in [0.3, 0.4) is 0 Å². The number of benzene rings is 1. The van der Waals surface area contributed by atoms with Crippen molar-refractivity contribution in [3.8, 4) is 0 Å². The van der Waals surface area contributed by atoms with Crippen molar-refractivity contribution < 1.29 is 13.2 Å². The lowest BCUT2D eigenvalue weighted by molar-refractivity contribution is -0.136. The third-order valence-electron chi connectivity index (χ3n) is 5.80. The van der Waals surface area contributed by atoms with E-state index in [9.17, 15) is 18.0 Å². The van der Waals surface area contributed by atoms with E-state index in [-0.39, 0.29) is 22.4 Å². The minimum atomic E-state index is -4.55. The number of H-pyrrole nitrogens is 1. The van der Waals surface area contributed by atoms with E-state index in [1.807, 2.05) is 0 Å². The van der Waals surface area contributed by atoms with Crippen LogP contribution in [0.1, 0.15) is 51.2 Å². The zero-order valence-electron chi connectivity index (χ0n) is 14.7. The van der Waals surface area contributed by atoms with Crippen molar-refractivity contribution in [3.05, 3.63) is 39.7 Å². The molecular formula is C19H23F3N2O. The molecule has 1 aliphatic heterocycles. The molecule has 1 aromatic carbocycles. The van der Waals surface area contributed by atoms with Crippen LogP contribution in [-0.4, -0.2) is 11.0 Å². The molecule has 0 bridgehead atoms. The fraction of sp³-hybridized carbons (Fsp3) is 0.526.